The van der Waals surface area contributed by atoms with Gasteiger partial charge < -0.3 is 14.7 Å². The fourth-order valence-electron chi connectivity index (χ4n) is 5.15. The van der Waals surface area contributed by atoms with Crippen molar-refractivity contribution >= 4 is 11.6 Å². The summed E-state index contributed by atoms with van der Waals surface area (Å²) < 4.78 is 0. The summed E-state index contributed by atoms with van der Waals surface area (Å²) in [6.45, 7) is 6.12. The number of aromatic nitrogens is 1. The maximum Gasteiger partial charge on any atom is 0.222 e. The monoisotopic (exact) mass is 356 g/mol. The average Bonchev–Trinajstić information content (AvgIpc) is 2.73. The predicted octanol–water partition coefficient (Wildman–Crippen LogP) is 2.77. The molecule has 4 heterocycles. The number of anilines is 1. The lowest BCUT2D eigenvalue weighted by Gasteiger charge is -2.44. The molecule has 0 spiro atoms. The van der Waals surface area contributed by atoms with E-state index in [0.717, 1.165) is 51.0 Å². The van der Waals surface area contributed by atoms with Gasteiger partial charge in [0, 0.05) is 56.7 Å². The summed E-state index contributed by atoms with van der Waals surface area (Å²) in [5.41, 5.74) is 1.21. The van der Waals surface area contributed by atoms with E-state index in [-0.39, 0.29) is 0 Å². The van der Waals surface area contributed by atoms with Crippen molar-refractivity contribution in [2.75, 3.05) is 44.2 Å². The third-order valence-electron chi connectivity index (χ3n) is 6.62. The van der Waals surface area contributed by atoms with Crippen LogP contribution >= 0.6 is 0 Å². The summed E-state index contributed by atoms with van der Waals surface area (Å²) in [5, 5.41) is 0. The average molecular weight is 357 g/mol. The Morgan fingerprint density at radius 1 is 0.962 bits per heavy atom. The number of piperidine rings is 2. The van der Waals surface area contributed by atoms with Crippen molar-refractivity contribution in [3.63, 3.8) is 0 Å². The fraction of sp³-hybridized carbons (Fsp3) is 0.714. The van der Waals surface area contributed by atoms with Crippen LogP contribution in [0.15, 0.2) is 24.5 Å². The molecule has 2 atom stereocenters. The molecule has 1 amide bonds. The molecular weight excluding hydrogens is 324 g/mol. The Bertz CT molecular complexity index is 583. The van der Waals surface area contributed by atoms with E-state index in [1.165, 1.54) is 50.9 Å². The predicted molar refractivity (Wildman–Crippen MR) is 104 cm³/mol. The third kappa shape index (κ3) is 4.03. The lowest BCUT2D eigenvalue weighted by molar-refractivity contribution is -0.132. The van der Waals surface area contributed by atoms with E-state index in [0.29, 0.717) is 5.91 Å². The van der Waals surface area contributed by atoms with Crippen LogP contribution in [-0.4, -0.2) is 66.0 Å². The molecule has 5 heteroatoms. The molecular formula is C21H32N4O. The molecule has 3 aliphatic heterocycles. The molecule has 0 unspecified atom stereocenters. The molecule has 0 bridgehead atoms. The maximum absolute atomic E-state index is 12.7. The maximum atomic E-state index is 12.7. The van der Waals surface area contributed by atoms with E-state index in [1.807, 2.05) is 12.4 Å². The highest BCUT2D eigenvalue weighted by Gasteiger charge is 2.33. The zero-order chi connectivity index (χ0) is 17.8. The quantitative estimate of drug-likeness (QED) is 0.832. The lowest BCUT2D eigenvalue weighted by atomic mass is 9.81. The Morgan fingerprint density at radius 2 is 1.73 bits per heavy atom. The number of rotatable bonds is 4. The Balaban J connectivity index is 1.24. The summed E-state index contributed by atoms with van der Waals surface area (Å²) in [4.78, 5) is 24.0. The van der Waals surface area contributed by atoms with Crippen LogP contribution in [0, 0.1) is 5.92 Å². The van der Waals surface area contributed by atoms with E-state index in [9.17, 15) is 4.79 Å². The van der Waals surface area contributed by atoms with Gasteiger partial charge in [0.1, 0.15) is 0 Å². The second kappa shape index (κ2) is 8.38. The van der Waals surface area contributed by atoms with Gasteiger partial charge in [0.2, 0.25) is 5.91 Å². The van der Waals surface area contributed by atoms with Crippen LogP contribution < -0.4 is 4.90 Å². The van der Waals surface area contributed by atoms with Gasteiger partial charge in [0.25, 0.3) is 0 Å². The first-order valence-electron chi connectivity index (χ1n) is 10.5. The van der Waals surface area contributed by atoms with Crippen LogP contribution in [0.2, 0.25) is 0 Å². The van der Waals surface area contributed by atoms with Crippen molar-refractivity contribution in [1.82, 2.24) is 14.8 Å². The molecule has 3 saturated heterocycles. The Labute approximate surface area is 157 Å². The van der Waals surface area contributed by atoms with Gasteiger partial charge in [-0.25, -0.2) is 0 Å². The Morgan fingerprint density at radius 3 is 2.54 bits per heavy atom. The van der Waals surface area contributed by atoms with Crippen molar-refractivity contribution in [2.45, 2.75) is 51.0 Å². The third-order valence-corrected chi connectivity index (χ3v) is 6.62. The minimum Gasteiger partial charge on any atom is -0.368 e. The molecule has 0 radical (unpaired) electrons. The van der Waals surface area contributed by atoms with Gasteiger partial charge >= 0.3 is 0 Å². The summed E-state index contributed by atoms with van der Waals surface area (Å²) >= 11 is 0. The molecule has 3 fully saturated rings. The number of hydrogen-bond acceptors (Lipinski definition) is 4. The number of piperazine rings is 1. The van der Waals surface area contributed by atoms with Gasteiger partial charge in [0.05, 0.1) is 0 Å². The second-order valence-corrected chi connectivity index (χ2v) is 8.11. The fourth-order valence-corrected chi connectivity index (χ4v) is 5.15. The zero-order valence-corrected chi connectivity index (χ0v) is 15.9. The van der Waals surface area contributed by atoms with Crippen molar-refractivity contribution in [3.8, 4) is 0 Å². The van der Waals surface area contributed by atoms with E-state index in [1.54, 1.807) is 0 Å². The number of amides is 1. The Hall–Kier alpha value is -1.62. The standard InChI is InChI=1S/C21H32N4O/c26-21(7-6-18-4-3-13-24-12-2-1-5-20(18)24)25-16-14-23(15-17-25)19-8-10-22-11-9-19/h8-11,18,20H,1-7,12-17H2/t18-,20+/m0/s1. The molecule has 1 aromatic rings. The number of carbonyl (C=O) groups is 1. The molecule has 3 aliphatic rings. The van der Waals surface area contributed by atoms with Crippen LogP contribution in [0.3, 0.4) is 0 Å². The normalized spacial score (nSPS) is 27.2. The van der Waals surface area contributed by atoms with Gasteiger partial charge in [-0.2, -0.15) is 0 Å². The van der Waals surface area contributed by atoms with Gasteiger partial charge in [-0.15, -0.1) is 0 Å². The van der Waals surface area contributed by atoms with E-state index in [2.05, 4.69) is 31.8 Å². The number of carbonyl (C=O) groups excluding carboxylic acids is 1. The molecule has 142 valence electrons. The van der Waals surface area contributed by atoms with Gasteiger partial charge in [0.15, 0.2) is 0 Å². The van der Waals surface area contributed by atoms with E-state index >= 15 is 0 Å². The molecule has 0 aromatic carbocycles. The number of nitrogens with zero attached hydrogens (tertiary/aromatic N) is 4. The zero-order valence-electron chi connectivity index (χ0n) is 15.9. The van der Waals surface area contributed by atoms with Crippen LogP contribution in [0.1, 0.15) is 44.9 Å². The molecule has 4 rings (SSSR count). The van der Waals surface area contributed by atoms with Gasteiger partial charge in [-0.3, -0.25) is 9.78 Å². The van der Waals surface area contributed by atoms with Crippen LogP contribution in [0.5, 0.6) is 0 Å². The number of fused-ring (bicyclic) bond motifs is 1. The topological polar surface area (TPSA) is 39.7 Å². The SMILES string of the molecule is O=C(CC[C@@H]1CCCN2CCCC[C@H]12)N1CCN(c2ccncc2)CC1. The smallest absolute Gasteiger partial charge is 0.222 e. The lowest BCUT2D eigenvalue weighted by Crippen LogP contribution is -2.50. The molecule has 0 N–H and O–H groups in total. The van der Waals surface area contributed by atoms with Crippen LogP contribution in [0.4, 0.5) is 5.69 Å². The number of pyridine rings is 1. The van der Waals surface area contributed by atoms with Crippen LogP contribution in [-0.2, 0) is 4.79 Å². The summed E-state index contributed by atoms with van der Waals surface area (Å²) in [5.74, 6) is 1.11. The highest BCUT2D eigenvalue weighted by molar-refractivity contribution is 5.76. The molecule has 5 nitrogen and oxygen atoms in total. The largest absolute Gasteiger partial charge is 0.368 e. The first kappa shape index (κ1) is 17.8. The van der Waals surface area contributed by atoms with Crippen molar-refractivity contribution in [3.05, 3.63) is 24.5 Å². The number of hydrogen-bond donors (Lipinski definition) is 0. The summed E-state index contributed by atoms with van der Waals surface area (Å²) in [7, 11) is 0. The first-order chi connectivity index (χ1) is 12.8. The highest BCUT2D eigenvalue weighted by atomic mass is 16.2. The summed E-state index contributed by atoms with van der Waals surface area (Å²) in [6, 6.07) is 4.86. The van der Waals surface area contributed by atoms with Crippen molar-refractivity contribution in [1.29, 1.82) is 0 Å². The first-order valence-corrected chi connectivity index (χ1v) is 10.5. The highest BCUT2D eigenvalue weighted by Crippen LogP contribution is 2.33. The molecule has 0 aliphatic carbocycles. The van der Waals surface area contributed by atoms with Gasteiger partial charge in [-0.1, -0.05) is 6.42 Å². The second-order valence-electron chi connectivity index (χ2n) is 8.11. The minimum absolute atomic E-state index is 0.368. The Kier molecular flexibility index (Phi) is 5.73. The molecule has 26 heavy (non-hydrogen) atoms. The summed E-state index contributed by atoms with van der Waals surface area (Å²) in [6.07, 6.45) is 12.2. The van der Waals surface area contributed by atoms with Crippen molar-refractivity contribution < 1.29 is 4.79 Å². The molecule has 1 aromatic heterocycles. The minimum atomic E-state index is 0.368. The van der Waals surface area contributed by atoms with E-state index < -0.39 is 0 Å². The molecule has 0 saturated carbocycles. The van der Waals surface area contributed by atoms with Gasteiger partial charge in [-0.05, 0) is 63.2 Å². The van der Waals surface area contributed by atoms with Crippen molar-refractivity contribution in [2.24, 2.45) is 5.92 Å². The van der Waals surface area contributed by atoms with Crippen LogP contribution in [0.25, 0.3) is 0 Å². The van der Waals surface area contributed by atoms with E-state index in [4.69, 9.17) is 0 Å².